The van der Waals surface area contributed by atoms with Crippen molar-refractivity contribution in [3.8, 4) is 0 Å². The van der Waals surface area contributed by atoms with E-state index in [4.69, 9.17) is 34.8 Å². The summed E-state index contributed by atoms with van der Waals surface area (Å²) < 4.78 is 0. The van der Waals surface area contributed by atoms with Crippen molar-refractivity contribution in [2.45, 2.75) is 18.6 Å². The average Bonchev–Trinajstić information content (AvgIpc) is 2.61. The second kappa shape index (κ2) is 8.52. The number of hydrogen-bond acceptors (Lipinski definition) is 4. The topological polar surface area (TPSA) is 70.6 Å². The summed E-state index contributed by atoms with van der Waals surface area (Å²) in [6.45, 7) is 1.88. The number of benzene rings is 2. The summed E-state index contributed by atoms with van der Waals surface area (Å²) >= 11 is 19.1. The van der Waals surface area contributed by atoms with Crippen molar-refractivity contribution in [2.75, 3.05) is 5.32 Å². The van der Waals surface area contributed by atoms with Crippen molar-refractivity contribution in [3.63, 3.8) is 0 Å². The van der Waals surface area contributed by atoms with Crippen LogP contribution in [0.2, 0.25) is 15.1 Å². The van der Waals surface area contributed by atoms with Gasteiger partial charge in [-0.2, -0.15) is 0 Å². The van der Waals surface area contributed by atoms with Gasteiger partial charge in [0.05, 0.1) is 15.7 Å². The first kappa shape index (κ1) is 20.0. The number of carbonyl (C=O) groups is 2. The summed E-state index contributed by atoms with van der Waals surface area (Å²) in [7, 11) is 0. The van der Waals surface area contributed by atoms with Crippen LogP contribution in [-0.2, 0) is 9.59 Å². The van der Waals surface area contributed by atoms with E-state index in [0.717, 1.165) is 5.56 Å². The van der Waals surface area contributed by atoms with Gasteiger partial charge < -0.3 is 10.6 Å². The lowest BCUT2D eigenvalue weighted by molar-refractivity contribution is -0.123. The van der Waals surface area contributed by atoms with Gasteiger partial charge in [-0.05, 0) is 42.8 Å². The van der Waals surface area contributed by atoms with Crippen molar-refractivity contribution in [2.24, 2.45) is 4.99 Å². The van der Waals surface area contributed by atoms with Crippen LogP contribution in [0.25, 0.3) is 0 Å². The molecule has 0 aliphatic carbocycles. The summed E-state index contributed by atoms with van der Waals surface area (Å²) in [4.78, 5) is 28.9. The van der Waals surface area contributed by atoms with Crippen LogP contribution in [0.4, 0.5) is 11.4 Å². The van der Waals surface area contributed by atoms with Gasteiger partial charge in [0.15, 0.2) is 5.17 Å². The monoisotopic (exact) mass is 441 g/mol. The molecule has 2 amide bonds. The van der Waals surface area contributed by atoms with Gasteiger partial charge in [0.2, 0.25) is 11.8 Å². The summed E-state index contributed by atoms with van der Waals surface area (Å²) in [5.41, 5.74) is 2.01. The number of nitrogens with zero attached hydrogens (tertiary/aromatic N) is 1. The second-order valence-corrected chi connectivity index (χ2v) is 8.24. The highest BCUT2D eigenvalue weighted by Gasteiger charge is 2.30. The van der Waals surface area contributed by atoms with Gasteiger partial charge in [0.1, 0.15) is 5.25 Å². The molecule has 140 valence electrons. The van der Waals surface area contributed by atoms with Crippen LogP contribution < -0.4 is 10.6 Å². The Bertz CT molecular complexity index is 949. The van der Waals surface area contributed by atoms with Gasteiger partial charge in [-0.25, -0.2) is 4.99 Å². The highest BCUT2D eigenvalue weighted by atomic mass is 35.5. The Hall–Kier alpha value is -1.73. The zero-order chi connectivity index (χ0) is 19.6. The number of carbonyl (C=O) groups excluding carboxylic acids is 2. The van der Waals surface area contributed by atoms with Crippen molar-refractivity contribution < 1.29 is 9.59 Å². The molecule has 1 fully saturated rings. The van der Waals surface area contributed by atoms with Crippen LogP contribution in [0.1, 0.15) is 12.0 Å². The van der Waals surface area contributed by atoms with Crippen LogP contribution in [0, 0.1) is 6.92 Å². The number of aryl methyl sites for hydroxylation is 1. The molecule has 2 aromatic carbocycles. The second-order valence-electron chi connectivity index (χ2n) is 5.83. The maximum Gasteiger partial charge on any atom is 0.238 e. The minimum absolute atomic E-state index is 0.0521. The summed E-state index contributed by atoms with van der Waals surface area (Å²) in [6, 6.07) is 10.1. The third-order valence-electron chi connectivity index (χ3n) is 3.74. The molecule has 1 atom stereocenters. The molecular weight excluding hydrogens is 429 g/mol. The van der Waals surface area contributed by atoms with E-state index in [1.165, 1.54) is 11.8 Å². The Morgan fingerprint density at radius 3 is 2.63 bits per heavy atom. The van der Waals surface area contributed by atoms with Gasteiger partial charge in [0.25, 0.3) is 0 Å². The molecule has 1 saturated heterocycles. The zero-order valence-electron chi connectivity index (χ0n) is 14.1. The molecule has 2 aromatic rings. The number of nitrogens with one attached hydrogen (secondary N) is 2. The number of halogens is 3. The van der Waals surface area contributed by atoms with E-state index in [1.54, 1.807) is 30.3 Å². The van der Waals surface area contributed by atoms with Gasteiger partial charge >= 0.3 is 0 Å². The van der Waals surface area contributed by atoms with Crippen molar-refractivity contribution in [1.82, 2.24) is 5.32 Å². The molecule has 0 aromatic heterocycles. The van der Waals surface area contributed by atoms with Crippen LogP contribution in [0.3, 0.4) is 0 Å². The van der Waals surface area contributed by atoms with Crippen molar-refractivity contribution in [3.05, 3.63) is 57.0 Å². The number of anilines is 1. The molecule has 5 nitrogen and oxygen atoms in total. The average molecular weight is 443 g/mol. The summed E-state index contributed by atoms with van der Waals surface area (Å²) in [5.74, 6) is -0.578. The molecule has 1 heterocycles. The molecule has 9 heteroatoms. The van der Waals surface area contributed by atoms with E-state index >= 15 is 0 Å². The smallest absolute Gasteiger partial charge is 0.238 e. The SMILES string of the molecule is Cc1ccc(NC(=O)[C@H]2CC(=O)NC(=Nc3ccc(Cl)c(Cl)c3)S2)cc1Cl. The number of thioether (sulfide) groups is 1. The van der Waals surface area contributed by atoms with Crippen molar-refractivity contribution in [1.29, 1.82) is 0 Å². The fourth-order valence-electron chi connectivity index (χ4n) is 2.31. The molecule has 3 rings (SSSR count). The molecule has 0 unspecified atom stereocenters. The third-order valence-corrected chi connectivity index (χ3v) is 5.96. The molecule has 0 radical (unpaired) electrons. The quantitative estimate of drug-likeness (QED) is 0.686. The first-order valence-electron chi connectivity index (χ1n) is 7.89. The molecule has 1 aliphatic heterocycles. The lowest BCUT2D eigenvalue weighted by Crippen LogP contribution is -2.41. The Morgan fingerprint density at radius 1 is 1.15 bits per heavy atom. The Balaban J connectivity index is 1.74. The van der Waals surface area contributed by atoms with Crippen LogP contribution >= 0.6 is 46.6 Å². The zero-order valence-corrected chi connectivity index (χ0v) is 17.1. The number of amidine groups is 1. The number of rotatable bonds is 3. The van der Waals surface area contributed by atoms with Gasteiger partial charge in [0, 0.05) is 17.1 Å². The standard InChI is InChI=1S/C18H14Cl3N3O2S/c1-9-2-3-10(6-13(9)20)22-17(26)15-8-16(25)24-18(27-15)23-11-4-5-12(19)14(21)7-11/h2-7,15H,8H2,1H3,(H,22,26)(H,23,24,25)/t15-/m1/s1. The maximum atomic E-state index is 12.6. The Morgan fingerprint density at radius 2 is 1.93 bits per heavy atom. The Labute approximate surface area is 175 Å². The van der Waals surface area contributed by atoms with E-state index in [0.29, 0.717) is 31.6 Å². The van der Waals surface area contributed by atoms with E-state index in [9.17, 15) is 9.59 Å². The van der Waals surface area contributed by atoms with E-state index in [1.807, 2.05) is 13.0 Å². The molecule has 1 aliphatic rings. The number of aliphatic imine (C=N–C) groups is 1. The molecule has 27 heavy (non-hydrogen) atoms. The van der Waals surface area contributed by atoms with E-state index in [2.05, 4.69) is 15.6 Å². The predicted octanol–water partition coefficient (Wildman–Crippen LogP) is 5.20. The van der Waals surface area contributed by atoms with Crippen LogP contribution in [0.15, 0.2) is 41.4 Å². The molecule has 2 N–H and O–H groups in total. The van der Waals surface area contributed by atoms with Crippen LogP contribution in [0.5, 0.6) is 0 Å². The Kier molecular flexibility index (Phi) is 6.32. The van der Waals surface area contributed by atoms with Gasteiger partial charge in [-0.3, -0.25) is 9.59 Å². The molecular formula is C18H14Cl3N3O2S. The largest absolute Gasteiger partial charge is 0.325 e. The maximum absolute atomic E-state index is 12.6. The first-order valence-corrected chi connectivity index (χ1v) is 9.90. The molecule has 0 bridgehead atoms. The lowest BCUT2D eigenvalue weighted by atomic mass is 10.2. The minimum atomic E-state index is -0.611. The number of hydrogen-bond donors (Lipinski definition) is 2. The minimum Gasteiger partial charge on any atom is -0.325 e. The number of amides is 2. The summed E-state index contributed by atoms with van der Waals surface area (Å²) in [5, 5.41) is 6.49. The summed E-state index contributed by atoms with van der Waals surface area (Å²) in [6.07, 6.45) is 0.0521. The highest BCUT2D eigenvalue weighted by molar-refractivity contribution is 8.15. The van der Waals surface area contributed by atoms with Crippen molar-refractivity contribution >= 4 is 74.9 Å². The predicted molar refractivity (Wildman–Crippen MR) is 113 cm³/mol. The van der Waals surface area contributed by atoms with Gasteiger partial charge in [-0.1, -0.05) is 52.6 Å². The fourth-order valence-corrected chi connectivity index (χ4v) is 3.78. The van der Waals surface area contributed by atoms with E-state index in [-0.39, 0.29) is 18.2 Å². The highest BCUT2D eigenvalue weighted by Crippen LogP contribution is 2.29. The molecule has 0 spiro atoms. The normalized spacial score (nSPS) is 18.3. The van der Waals surface area contributed by atoms with E-state index < -0.39 is 5.25 Å². The first-order chi connectivity index (χ1) is 12.8. The van der Waals surface area contributed by atoms with Gasteiger partial charge in [-0.15, -0.1) is 0 Å². The lowest BCUT2D eigenvalue weighted by Gasteiger charge is -2.22. The third kappa shape index (κ3) is 5.17. The molecule has 0 saturated carbocycles. The van der Waals surface area contributed by atoms with Crippen LogP contribution in [-0.4, -0.2) is 22.2 Å². The fraction of sp³-hybridized carbons (Fsp3) is 0.167.